The molecule has 29 heavy (non-hydrogen) atoms. The van der Waals surface area contributed by atoms with Crippen LogP contribution in [0.2, 0.25) is 0 Å². The van der Waals surface area contributed by atoms with E-state index in [1.165, 1.54) is 12.1 Å². The Bertz CT molecular complexity index is 868. The summed E-state index contributed by atoms with van der Waals surface area (Å²) < 4.78 is 46.5. The number of ether oxygens (including phenoxy) is 2. The smallest absolute Gasteiger partial charge is 0.447 e. The second kappa shape index (κ2) is 6.03. The lowest BCUT2D eigenvalue weighted by atomic mass is 9.68. The van der Waals surface area contributed by atoms with Crippen molar-refractivity contribution in [1.82, 2.24) is 10.2 Å². The molecule has 5 rings (SSSR count). The van der Waals surface area contributed by atoms with E-state index in [2.05, 4.69) is 10.1 Å². The van der Waals surface area contributed by atoms with Crippen molar-refractivity contribution in [2.24, 2.45) is 11.8 Å². The average molecular weight is 410 g/mol. The van der Waals surface area contributed by atoms with E-state index in [0.29, 0.717) is 32.5 Å². The number of alkyl halides is 3. The van der Waals surface area contributed by atoms with E-state index in [9.17, 15) is 22.8 Å². The highest BCUT2D eigenvalue weighted by atomic mass is 19.4. The van der Waals surface area contributed by atoms with Gasteiger partial charge in [-0.1, -0.05) is 12.1 Å². The molecule has 0 radical (unpaired) electrons. The Morgan fingerprint density at radius 3 is 2.72 bits per heavy atom. The van der Waals surface area contributed by atoms with Gasteiger partial charge in [-0.25, -0.2) is 4.79 Å². The van der Waals surface area contributed by atoms with Crippen LogP contribution in [0.4, 0.5) is 18.0 Å². The quantitative estimate of drug-likeness (QED) is 0.832. The Labute approximate surface area is 165 Å². The van der Waals surface area contributed by atoms with Crippen molar-refractivity contribution < 1.29 is 32.2 Å². The lowest BCUT2D eigenvalue weighted by Crippen LogP contribution is -2.58. The number of piperidine rings is 1. The molecule has 6 nitrogen and oxygen atoms in total. The summed E-state index contributed by atoms with van der Waals surface area (Å²) in [5.41, 5.74) is 0.315. The molecule has 2 aliphatic carbocycles. The van der Waals surface area contributed by atoms with Gasteiger partial charge in [0.25, 0.3) is 0 Å². The van der Waals surface area contributed by atoms with Crippen molar-refractivity contribution in [2.75, 3.05) is 19.7 Å². The highest BCUT2D eigenvalue weighted by molar-refractivity contribution is 5.82. The molecule has 156 valence electrons. The van der Waals surface area contributed by atoms with E-state index in [1.807, 2.05) is 11.0 Å². The number of amides is 2. The molecule has 1 spiro atoms. The van der Waals surface area contributed by atoms with Gasteiger partial charge in [0.15, 0.2) is 0 Å². The zero-order valence-corrected chi connectivity index (χ0v) is 15.6. The van der Waals surface area contributed by atoms with Crippen molar-refractivity contribution in [3.05, 3.63) is 29.8 Å². The summed E-state index contributed by atoms with van der Waals surface area (Å²) in [5.74, 6) is 0.0530. The molecule has 1 aromatic carbocycles. The van der Waals surface area contributed by atoms with E-state index in [4.69, 9.17) is 4.74 Å². The van der Waals surface area contributed by atoms with Gasteiger partial charge in [0.2, 0.25) is 5.91 Å². The zero-order valence-electron chi connectivity index (χ0n) is 15.6. The lowest BCUT2D eigenvalue weighted by Gasteiger charge is -2.44. The first-order chi connectivity index (χ1) is 13.7. The predicted molar refractivity (Wildman–Crippen MR) is 94.0 cm³/mol. The van der Waals surface area contributed by atoms with Gasteiger partial charge in [-0.3, -0.25) is 4.79 Å². The maximum absolute atomic E-state index is 12.8. The Morgan fingerprint density at radius 2 is 2.07 bits per heavy atom. The standard InChI is InChI=1S/C20H21F3N2O4/c21-20(22,23)29-15-3-1-2-13(6-15)19-4-5-25(10-14(19)9-19)16(26)12-7-18(8-12)11-28-17(27)24-18/h1-3,6,12,14H,4-5,7-11H2,(H,24,27)/t12?,14-,18?,19-/m1/s1. The van der Waals surface area contributed by atoms with Crippen LogP contribution in [-0.2, 0) is 14.9 Å². The molecule has 4 fully saturated rings. The number of rotatable bonds is 3. The minimum absolute atomic E-state index is 0.103. The number of halogens is 3. The normalized spacial score (nSPS) is 35.4. The number of hydrogen-bond donors (Lipinski definition) is 1. The van der Waals surface area contributed by atoms with Crippen LogP contribution in [-0.4, -0.2) is 48.5 Å². The van der Waals surface area contributed by atoms with Crippen LogP contribution >= 0.6 is 0 Å². The van der Waals surface area contributed by atoms with Crippen molar-refractivity contribution in [2.45, 2.75) is 43.0 Å². The van der Waals surface area contributed by atoms with Gasteiger partial charge in [0.05, 0.1) is 5.54 Å². The third-order valence-corrected chi connectivity index (χ3v) is 6.93. The van der Waals surface area contributed by atoms with Crippen LogP contribution in [0.5, 0.6) is 5.75 Å². The highest BCUT2D eigenvalue weighted by Crippen LogP contribution is 2.60. The van der Waals surface area contributed by atoms with Gasteiger partial charge in [-0.15, -0.1) is 13.2 Å². The molecule has 9 heteroatoms. The van der Waals surface area contributed by atoms with E-state index < -0.39 is 12.5 Å². The second-order valence-corrected chi connectivity index (χ2v) is 8.75. The van der Waals surface area contributed by atoms with Gasteiger partial charge in [-0.05, 0) is 49.3 Å². The third kappa shape index (κ3) is 3.20. The van der Waals surface area contributed by atoms with Gasteiger partial charge >= 0.3 is 12.5 Å². The van der Waals surface area contributed by atoms with Crippen LogP contribution < -0.4 is 10.1 Å². The summed E-state index contributed by atoms with van der Waals surface area (Å²) >= 11 is 0. The molecule has 1 aromatic rings. The molecule has 2 saturated carbocycles. The number of benzene rings is 1. The SMILES string of the molecule is O=C1NC2(CO1)CC(C(=O)N1CC[C@]3(c4cccc(OC(F)(F)F)c4)C[C@@H]3C1)C2. The molecular formula is C20H21F3N2O4. The molecular weight excluding hydrogens is 389 g/mol. The number of nitrogens with one attached hydrogen (secondary N) is 1. The van der Waals surface area contributed by atoms with Crippen molar-refractivity contribution in [3.8, 4) is 5.75 Å². The van der Waals surface area contributed by atoms with Gasteiger partial charge < -0.3 is 19.7 Å². The summed E-state index contributed by atoms with van der Waals surface area (Å²) in [6, 6.07) is 6.22. The zero-order chi connectivity index (χ0) is 20.4. The fourth-order valence-corrected chi connectivity index (χ4v) is 5.35. The fraction of sp³-hybridized carbons (Fsp3) is 0.600. The van der Waals surface area contributed by atoms with Crippen LogP contribution in [0.15, 0.2) is 24.3 Å². The summed E-state index contributed by atoms with van der Waals surface area (Å²) in [4.78, 5) is 26.0. The van der Waals surface area contributed by atoms with Crippen LogP contribution in [0, 0.1) is 11.8 Å². The summed E-state index contributed by atoms with van der Waals surface area (Å²) in [6.45, 7) is 1.53. The predicted octanol–water partition coefficient (Wildman–Crippen LogP) is 2.96. The fourth-order valence-electron chi connectivity index (χ4n) is 5.35. The molecule has 1 N–H and O–H groups in total. The first-order valence-corrected chi connectivity index (χ1v) is 9.78. The number of cyclic esters (lactones) is 1. The van der Waals surface area contributed by atoms with E-state index in [1.54, 1.807) is 6.07 Å². The number of alkyl carbamates (subject to hydrolysis) is 1. The maximum Gasteiger partial charge on any atom is 0.573 e. The molecule has 2 heterocycles. The number of likely N-dealkylation sites (tertiary alicyclic amines) is 1. The Hall–Kier alpha value is -2.45. The molecule has 2 amide bonds. The Balaban J connectivity index is 1.21. The summed E-state index contributed by atoms with van der Waals surface area (Å²) in [6.07, 6.45) is -2.34. The molecule has 0 unspecified atom stereocenters. The molecule has 2 aliphatic heterocycles. The van der Waals surface area contributed by atoms with Crippen LogP contribution in [0.3, 0.4) is 0 Å². The molecule has 4 aliphatic rings. The Morgan fingerprint density at radius 1 is 1.28 bits per heavy atom. The van der Waals surface area contributed by atoms with Crippen molar-refractivity contribution in [3.63, 3.8) is 0 Å². The second-order valence-electron chi connectivity index (χ2n) is 8.75. The topological polar surface area (TPSA) is 67.9 Å². The van der Waals surface area contributed by atoms with Crippen LogP contribution in [0.1, 0.15) is 31.2 Å². The number of carbonyl (C=O) groups is 2. The number of fused-ring (bicyclic) bond motifs is 1. The van der Waals surface area contributed by atoms with Gasteiger partial charge in [0, 0.05) is 24.4 Å². The minimum atomic E-state index is -4.71. The molecule has 0 aromatic heterocycles. The Kier molecular flexibility index (Phi) is 3.86. The number of carbonyl (C=O) groups excluding carboxylic acids is 2. The average Bonchev–Trinajstić information content (AvgIpc) is 3.24. The number of nitrogens with zero attached hydrogens (tertiary/aromatic N) is 1. The molecule has 0 bridgehead atoms. The van der Waals surface area contributed by atoms with E-state index >= 15 is 0 Å². The monoisotopic (exact) mass is 410 g/mol. The summed E-state index contributed by atoms with van der Waals surface area (Å²) in [7, 11) is 0. The largest absolute Gasteiger partial charge is 0.573 e. The first kappa shape index (κ1) is 18.6. The van der Waals surface area contributed by atoms with Gasteiger partial charge in [0.1, 0.15) is 12.4 Å². The number of hydrogen-bond acceptors (Lipinski definition) is 4. The lowest BCUT2D eigenvalue weighted by molar-refractivity contribution is -0.274. The summed E-state index contributed by atoms with van der Waals surface area (Å²) in [5, 5.41) is 2.80. The molecule has 2 atom stereocenters. The van der Waals surface area contributed by atoms with Crippen LogP contribution in [0.25, 0.3) is 0 Å². The van der Waals surface area contributed by atoms with Gasteiger partial charge in [-0.2, -0.15) is 0 Å². The highest BCUT2D eigenvalue weighted by Gasteiger charge is 2.60. The van der Waals surface area contributed by atoms with E-state index in [-0.39, 0.29) is 34.4 Å². The van der Waals surface area contributed by atoms with Crippen molar-refractivity contribution in [1.29, 1.82) is 0 Å². The molecule has 2 saturated heterocycles. The first-order valence-electron chi connectivity index (χ1n) is 9.78. The van der Waals surface area contributed by atoms with Crippen molar-refractivity contribution >= 4 is 12.0 Å². The maximum atomic E-state index is 12.8. The van der Waals surface area contributed by atoms with E-state index in [0.717, 1.165) is 18.4 Å². The minimum Gasteiger partial charge on any atom is -0.447 e. The third-order valence-electron chi connectivity index (χ3n) is 6.93.